The van der Waals surface area contributed by atoms with Crippen molar-refractivity contribution in [2.45, 2.75) is 6.04 Å². The van der Waals surface area contributed by atoms with E-state index in [1.54, 1.807) is 42.5 Å². The van der Waals surface area contributed by atoms with Crippen LogP contribution < -0.4 is 14.2 Å². The van der Waals surface area contributed by atoms with Gasteiger partial charge in [-0.3, -0.25) is 9.59 Å². The number of hydrogen-bond acceptors (Lipinski definition) is 7. The van der Waals surface area contributed by atoms with E-state index >= 15 is 0 Å². The van der Waals surface area contributed by atoms with Gasteiger partial charge in [-0.15, -0.1) is 0 Å². The smallest absolute Gasteiger partial charge is 0.295 e. The molecule has 3 rings (SSSR count). The second-order valence-corrected chi connectivity index (χ2v) is 7.64. The van der Waals surface area contributed by atoms with Gasteiger partial charge in [-0.1, -0.05) is 18.2 Å². The molecule has 8 heteroatoms. The average Bonchev–Trinajstić information content (AvgIpc) is 3.06. The van der Waals surface area contributed by atoms with Crippen LogP contribution in [-0.4, -0.2) is 75.1 Å². The third-order valence-corrected chi connectivity index (χ3v) is 5.39. The molecule has 1 fully saturated rings. The number of likely N-dealkylation sites (tertiary alicyclic amines) is 1. The number of aliphatic hydroxyl groups excluding tert-OH is 1. The van der Waals surface area contributed by atoms with Crippen molar-refractivity contribution in [2.75, 3.05) is 48.5 Å². The highest BCUT2D eigenvalue weighted by molar-refractivity contribution is 6.46. The topological polar surface area (TPSA) is 88.5 Å². The van der Waals surface area contributed by atoms with Crippen molar-refractivity contribution < 1.29 is 28.9 Å². The number of likely N-dealkylation sites (N-methyl/N-ethyl adjacent to an activating group) is 1. The van der Waals surface area contributed by atoms with Gasteiger partial charge in [-0.05, 0) is 43.9 Å². The molecule has 0 radical (unpaired) electrons. The number of amides is 1. The maximum atomic E-state index is 13.1. The van der Waals surface area contributed by atoms with Gasteiger partial charge in [-0.25, -0.2) is 0 Å². The molecule has 2 aromatic rings. The zero-order valence-electron chi connectivity index (χ0n) is 18.9. The lowest BCUT2D eigenvalue weighted by atomic mass is 9.95. The van der Waals surface area contributed by atoms with Gasteiger partial charge in [0.15, 0.2) is 11.5 Å². The number of carbonyl (C=O) groups excluding carboxylic acids is 2. The van der Waals surface area contributed by atoms with E-state index in [2.05, 4.69) is 0 Å². The number of aliphatic hydroxyl groups is 1. The van der Waals surface area contributed by atoms with E-state index in [0.717, 1.165) is 0 Å². The summed E-state index contributed by atoms with van der Waals surface area (Å²) in [5.74, 6) is -0.133. The van der Waals surface area contributed by atoms with Crippen molar-refractivity contribution in [3.05, 3.63) is 59.2 Å². The van der Waals surface area contributed by atoms with Gasteiger partial charge in [0, 0.05) is 18.7 Å². The molecular weight excluding hydrogens is 412 g/mol. The summed E-state index contributed by atoms with van der Waals surface area (Å²) in [6, 6.07) is 11.1. The Morgan fingerprint density at radius 1 is 1.00 bits per heavy atom. The van der Waals surface area contributed by atoms with E-state index in [-0.39, 0.29) is 11.3 Å². The van der Waals surface area contributed by atoms with Crippen LogP contribution >= 0.6 is 0 Å². The highest BCUT2D eigenvalue weighted by atomic mass is 16.5. The second kappa shape index (κ2) is 9.74. The van der Waals surface area contributed by atoms with Crippen LogP contribution in [0.15, 0.2) is 48.0 Å². The summed E-state index contributed by atoms with van der Waals surface area (Å²) in [5, 5.41) is 11.1. The molecule has 0 aliphatic carbocycles. The third kappa shape index (κ3) is 4.40. The molecule has 1 saturated heterocycles. The summed E-state index contributed by atoms with van der Waals surface area (Å²) in [4.78, 5) is 29.5. The lowest BCUT2D eigenvalue weighted by Gasteiger charge is -2.27. The predicted molar refractivity (Wildman–Crippen MR) is 120 cm³/mol. The zero-order valence-corrected chi connectivity index (χ0v) is 18.9. The fourth-order valence-electron chi connectivity index (χ4n) is 3.71. The highest BCUT2D eigenvalue weighted by Gasteiger charge is 2.46. The van der Waals surface area contributed by atoms with Gasteiger partial charge >= 0.3 is 0 Å². The maximum absolute atomic E-state index is 13.1. The standard InChI is InChI=1S/C24H28N2O6/c1-25(2)11-12-26-21(15-9-10-18(31-4)19(14-15)32-5)20(23(28)24(26)29)22(27)16-7-6-8-17(13-16)30-3/h6-10,13-14,21,27H,11-12H2,1-5H3/b22-20+. The van der Waals surface area contributed by atoms with Crippen molar-refractivity contribution in [1.29, 1.82) is 0 Å². The first-order chi connectivity index (χ1) is 15.3. The molecule has 0 bridgehead atoms. The Labute approximate surface area is 187 Å². The molecule has 1 aliphatic rings. The van der Waals surface area contributed by atoms with Gasteiger partial charge in [0.2, 0.25) is 0 Å². The van der Waals surface area contributed by atoms with Gasteiger partial charge in [0.05, 0.1) is 32.9 Å². The normalized spacial score (nSPS) is 17.7. The summed E-state index contributed by atoms with van der Waals surface area (Å²) < 4.78 is 16.0. The Balaban J connectivity index is 2.19. The van der Waals surface area contributed by atoms with Gasteiger partial charge in [-0.2, -0.15) is 0 Å². The van der Waals surface area contributed by atoms with Crippen LogP contribution in [0.4, 0.5) is 0 Å². The maximum Gasteiger partial charge on any atom is 0.295 e. The largest absolute Gasteiger partial charge is 0.507 e. The van der Waals surface area contributed by atoms with Gasteiger partial charge < -0.3 is 29.1 Å². The Hall–Kier alpha value is -3.52. The van der Waals surface area contributed by atoms with Crippen LogP contribution in [0.1, 0.15) is 17.2 Å². The monoisotopic (exact) mass is 440 g/mol. The summed E-state index contributed by atoms with van der Waals surface area (Å²) in [5.41, 5.74) is 1.04. The van der Waals surface area contributed by atoms with E-state index in [4.69, 9.17) is 14.2 Å². The number of carbonyl (C=O) groups is 2. The van der Waals surface area contributed by atoms with E-state index < -0.39 is 17.7 Å². The number of methoxy groups -OCH3 is 3. The minimum Gasteiger partial charge on any atom is -0.507 e. The fraction of sp³-hybridized carbons (Fsp3) is 0.333. The molecule has 1 aliphatic heterocycles. The minimum atomic E-state index is -0.777. The molecule has 8 nitrogen and oxygen atoms in total. The van der Waals surface area contributed by atoms with E-state index in [1.165, 1.54) is 26.2 Å². The minimum absolute atomic E-state index is 0.0224. The van der Waals surface area contributed by atoms with E-state index in [0.29, 0.717) is 41.5 Å². The Morgan fingerprint density at radius 2 is 1.72 bits per heavy atom. The lowest BCUT2D eigenvalue weighted by Crippen LogP contribution is -2.35. The summed E-state index contributed by atoms with van der Waals surface area (Å²) in [6.45, 7) is 0.863. The molecule has 0 spiro atoms. The van der Waals surface area contributed by atoms with Crippen LogP contribution in [0.5, 0.6) is 17.2 Å². The molecule has 2 aromatic carbocycles. The fourth-order valence-corrected chi connectivity index (χ4v) is 3.71. The second-order valence-electron chi connectivity index (χ2n) is 7.64. The first-order valence-electron chi connectivity index (χ1n) is 10.1. The van der Waals surface area contributed by atoms with Gasteiger partial charge in [0.1, 0.15) is 11.5 Å². The lowest BCUT2D eigenvalue weighted by molar-refractivity contribution is -0.140. The molecule has 1 unspecified atom stereocenters. The summed E-state index contributed by atoms with van der Waals surface area (Å²) >= 11 is 0. The number of Topliss-reactive ketones (excluding diaryl/α,β-unsaturated/α-hetero) is 1. The molecule has 1 N–H and O–H groups in total. The first kappa shape index (κ1) is 23.1. The number of nitrogens with zero attached hydrogens (tertiary/aromatic N) is 2. The van der Waals surface area contributed by atoms with Crippen LogP contribution in [0, 0.1) is 0 Å². The number of benzene rings is 2. The van der Waals surface area contributed by atoms with E-state index in [1.807, 2.05) is 19.0 Å². The summed E-state index contributed by atoms with van der Waals surface area (Å²) in [7, 11) is 8.34. The Kier molecular flexibility index (Phi) is 7.05. The summed E-state index contributed by atoms with van der Waals surface area (Å²) in [6.07, 6.45) is 0. The average molecular weight is 440 g/mol. The van der Waals surface area contributed by atoms with E-state index in [9.17, 15) is 14.7 Å². The molecule has 170 valence electrons. The number of ketones is 1. The van der Waals surface area contributed by atoms with Crippen molar-refractivity contribution in [3.8, 4) is 17.2 Å². The Bertz CT molecular complexity index is 1050. The number of rotatable bonds is 8. The van der Waals surface area contributed by atoms with Gasteiger partial charge in [0.25, 0.3) is 11.7 Å². The molecule has 1 amide bonds. The Morgan fingerprint density at radius 3 is 2.34 bits per heavy atom. The molecular formula is C24H28N2O6. The quantitative estimate of drug-likeness (QED) is 0.384. The van der Waals surface area contributed by atoms with Crippen LogP contribution in [0.2, 0.25) is 0 Å². The predicted octanol–water partition coefficient (Wildman–Crippen LogP) is 2.70. The third-order valence-electron chi connectivity index (χ3n) is 5.39. The van der Waals surface area contributed by atoms with Crippen molar-refractivity contribution in [1.82, 2.24) is 9.80 Å². The molecule has 1 heterocycles. The van der Waals surface area contributed by atoms with Crippen molar-refractivity contribution >= 4 is 17.4 Å². The molecule has 0 saturated carbocycles. The molecule has 32 heavy (non-hydrogen) atoms. The zero-order chi connectivity index (χ0) is 23.4. The number of hydrogen-bond donors (Lipinski definition) is 1. The first-order valence-corrected chi connectivity index (χ1v) is 10.1. The van der Waals surface area contributed by atoms with Crippen LogP contribution in [-0.2, 0) is 9.59 Å². The highest BCUT2D eigenvalue weighted by Crippen LogP contribution is 2.42. The number of ether oxygens (including phenoxy) is 3. The van der Waals surface area contributed by atoms with Crippen LogP contribution in [0.25, 0.3) is 5.76 Å². The van der Waals surface area contributed by atoms with Crippen molar-refractivity contribution in [2.24, 2.45) is 0 Å². The van der Waals surface area contributed by atoms with Crippen molar-refractivity contribution in [3.63, 3.8) is 0 Å². The SMILES string of the molecule is COc1cccc(/C(O)=C2\C(=O)C(=O)N(CCN(C)C)C2c2ccc(OC)c(OC)c2)c1. The molecule has 0 aromatic heterocycles. The molecule has 1 atom stereocenters. The van der Waals surface area contributed by atoms with Crippen LogP contribution in [0.3, 0.4) is 0 Å².